The lowest BCUT2D eigenvalue weighted by Gasteiger charge is -2.28. The minimum Gasteiger partial charge on any atom is -0.384 e. The van der Waals surface area contributed by atoms with Crippen LogP contribution in [-0.2, 0) is 29.9 Å². The molecule has 9 nitrogen and oxygen atoms in total. The lowest BCUT2D eigenvalue weighted by atomic mass is 9.97. The highest BCUT2D eigenvalue weighted by Gasteiger charge is 2.40. The van der Waals surface area contributed by atoms with E-state index in [0.717, 1.165) is 12.1 Å². The summed E-state index contributed by atoms with van der Waals surface area (Å²) in [4.78, 5) is 20.0. The fraction of sp³-hybridized carbons (Fsp3) is 0.417. The molecule has 0 spiro atoms. The van der Waals surface area contributed by atoms with Gasteiger partial charge in [0.05, 0.1) is 30.2 Å². The maximum atomic E-state index is 14.2. The van der Waals surface area contributed by atoms with Crippen LogP contribution in [-0.4, -0.2) is 59.3 Å². The number of halogens is 6. The van der Waals surface area contributed by atoms with Crippen LogP contribution in [0.2, 0.25) is 0 Å². The van der Waals surface area contributed by atoms with Crippen LogP contribution in [0.15, 0.2) is 24.4 Å². The van der Waals surface area contributed by atoms with E-state index in [1.807, 2.05) is 0 Å². The van der Waals surface area contributed by atoms with E-state index >= 15 is 0 Å². The Morgan fingerprint density at radius 2 is 1.56 bits per heavy atom. The predicted molar refractivity (Wildman–Crippen MR) is 131 cm³/mol. The Labute approximate surface area is 218 Å². The van der Waals surface area contributed by atoms with Crippen LogP contribution in [0.4, 0.5) is 49.7 Å². The van der Waals surface area contributed by atoms with Crippen molar-refractivity contribution in [2.75, 3.05) is 60.7 Å². The number of nitrogen functional groups attached to an aromatic ring is 2. The molecule has 5 heterocycles. The maximum absolute atomic E-state index is 14.2. The minimum absolute atomic E-state index is 0.0338. The van der Waals surface area contributed by atoms with E-state index in [0.29, 0.717) is 37.6 Å². The Morgan fingerprint density at radius 1 is 0.846 bits per heavy atom. The lowest BCUT2D eigenvalue weighted by molar-refractivity contribution is -0.137. The van der Waals surface area contributed by atoms with Gasteiger partial charge in [0.2, 0.25) is 5.95 Å². The SMILES string of the molecule is Nc1cc(-c2nc(N3CCOCC3)nc3c2CCN(c2ncccc2C(F)(F)F)CC3)c(C(F)(F)F)c(N)n1. The highest BCUT2D eigenvalue weighted by Crippen LogP contribution is 2.43. The van der Waals surface area contributed by atoms with Crippen LogP contribution in [0.3, 0.4) is 0 Å². The summed E-state index contributed by atoms with van der Waals surface area (Å²) in [5.41, 5.74) is 9.81. The minimum atomic E-state index is -4.87. The van der Waals surface area contributed by atoms with Gasteiger partial charge in [-0.25, -0.2) is 19.9 Å². The molecule has 0 aliphatic carbocycles. The van der Waals surface area contributed by atoms with Crippen molar-refractivity contribution < 1.29 is 31.1 Å². The third-order valence-electron chi connectivity index (χ3n) is 6.62. The fourth-order valence-electron chi connectivity index (χ4n) is 4.87. The molecule has 1 saturated heterocycles. The standard InChI is InChI=1S/C24H24F6N8O/c25-23(26,27)15-2-1-5-33-21(15)37-6-3-13-16(4-7-37)34-22(38-8-10-39-11-9-38)36-19(13)14-12-17(31)35-20(32)18(14)24(28,29)30/h1-2,5,12H,3-4,6-11H2,(H4,31,32,35). The van der Waals surface area contributed by atoms with Crippen molar-refractivity contribution in [2.24, 2.45) is 0 Å². The van der Waals surface area contributed by atoms with E-state index < -0.39 is 29.3 Å². The second-order valence-electron chi connectivity index (χ2n) is 9.11. The molecule has 4 N–H and O–H groups in total. The first-order chi connectivity index (χ1) is 18.4. The average Bonchev–Trinajstić information content (AvgIpc) is 3.09. The van der Waals surface area contributed by atoms with Gasteiger partial charge in [-0.3, -0.25) is 0 Å². The average molecular weight is 554 g/mol. The van der Waals surface area contributed by atoms with Gasteiger partial charge in [-0.1, -0.05) is 0 Å². The van der Waals surface area contributed by atoms with Crippen LogP contribution < -0.4 is 21.3 Å². The molecule has 1 fully saturated rings. The molecule has 3 aromatic heterocycles. The number of aromatic nitrogens is 4. The molecule has 15 heteroatoms. The first-order valence-corrected chi connectivity index (χ1v) is 12.1. The monoisotopic (exact) mass is 554 g/mol. The third-order valence-corrected chi connectivity index (χ3v) is 6.62. The molecule has 3 aromatic rings. The summed E-state index contributed by atoms with van der Waals surface area (Å²) in [5, 5.41) is 0. The Hall–Kier alpha value is -3.88. The van der Waals surface area contributed by atoms with Crippen LogP contribution in [0.5, 0.6) is 0 Å². The van der Waals surface area contributed by atoms with Crippen LogP contribution in [0.1, 0.15) is 22.4 Å². The molecule has 0 amide bonds. The van der Waals surface area contributed by atoms with Crippen LogP contribution in [0, 0.1) is 0 Å². The van der Waals surface area contributed by atoms with Gasteiger partial charge in [0.25, 0.3) is 0 Å². The van der Waals surface area contributed by atoms with Gasteiger partial charge in [0.1, 0.15) is 23.0 Å². The molecule has 208 valence electrons. The summed E-state index contributed by atoms with van der Waals surface area (Å²) >= 11 is 0. The third kappa shape index (κ3) is 5.35. The van der Waals surface area contributed by atoms with Gasteiger partial charge in [0, 0.05) is 49.9 Å². The number of nitrogens with zero attached hydrogens (tertiary/aromatic N) is 6. The number of rotatable bonds is 3. The van der Waals surface area contributed by atoms with Gasteiger partial charge in [-0.15, -0.1) is 0 Å². The first-order valence-electron chi connectivity index (χ1n) is 12.1. The van der Waals surface area contributed by atoms with Crippen molar-refractivity contribution in [3.8, 4) is 11.3 Å². The number of fused-ring (bicyclic) bond motifs is 1. The zero-order valence-electron chi connectivity index (χ0n) is 20.5. The molecule has 2 aliphatic rings. The second-order valence-corrected chi connectivity index (χ2v) is 9.11. The molecule has 0 saturated carbocycles. The molecule has 39 heavy (non-hydrogen) atoms. The summed E-state index contributed by atoms with van der Waals surface area (Å²) in [7, 11) is 0. The smallest absolute Gasteiger partial charge is 0.384 e. The topological polar surface area (TPSA) is 119 Å². The number of morpholine rings is 1. The Kier molecular flexibility index (Phi) is 6.86. The number of nitrogens with two attached hydrogens (primary N) is 2. The fourth-order valence-corrected chi connectivity index (χ4v) is 4.87. The number of pyridine rings is 2. The van der Waals surface area contributed by atoms with E-state index in [-0.39, 0.29) is 54.8 Å². The molecule has 0 atom stereocenters. The van der Waals surface area contributed by atoms with Gasteiger partial charge >= 0.3 is 12.4 Å². The molecule has 0 unspecified atom stereocenters. The zero-order valence-corrected chi connectivity index (χ0v) is 20.5. The van der Waals surface area contributed by atoms with Gasteiger partial charge in [-0.05, 0) is 24.6 Å². The van der Waals surface area contributed by atoms with E-state index in [9.17, 15) is 26.3 Å². The predicted octanol–water partition coefficient (Wildman–Crippen LogP) is 3.58. The molecular weight excluding hydrogens is 530 g/mol. The first kappa shape index (κ1) is 26.7. The van der Waals surface area contributed by atoms with Crippen molar-refractivity contribution >= 4 is 23.4 Å². The summed E-state index contributed by atoms with van der Waals surface area (Å²) in [6, 6.07) is 3.21. The quantitative estimate of drug-likeness (QED) is 0.469. The zero-order chi connectivity index (χ0) is 27.9. The van der Waals surface area contributed by atoms with E-state index in [4.69, 9.17) is 16.2 Å². The molecule has 0 radical (unpaired) electrons. The highest BCUT2D eigenvalue weighted by molar-refractivity contribution is 5.76. The number of ether oxygens (including phenoxy) is 1. The number of alkyl halides is 6. The molecule has 0 bridgehead atoms. The maximum Gasteiger partial charge on any atom is 0.420 e. The molecular formula is C24H24F6N8O. The van der Waals surface area contributed by atoms with Crippen molar-refractivity contribution in [1.82, 2.24) is 19.9 Å². The van der Waals surface area contributed by atoms with Crippen molar-refractivity contribution in [1.29, 1.82) is 0 Å². The highest BCUT2D eigenvalue weighted by atomic mass is 19.4. The van der Waals surface area contributed by atoms with E-state index in [1.54, 1.807) is 4.90 Å². The second kappa shape index (κ2) is 10.0. The molecule has 0 aromatic carbocycles. The molecule has 5 rings (SSSR count). The Bertz CT molecular complexity index is 1370. The van der Waals surface area contributed by atoms with Gasteiger partial charge < -0.3 is 26.0 Å². The Balaban J connectivity index is 1.65. The number of hydrogen-bond donors (Lipinski definition) is 2. The van der Waals surface area contributed by atoms with Gasteiger partial charge in [0.15, 0.2) is 0 Å². The van der Waals surface area contributed by atoms with Crippen molar-refractivity contribution in [3.63, 3.8) is 0 Å². The van der Waals surface area contributed by atoms with Crippen molar-refractivity contribution in [3.05, 3.63) is 46.8 Å². The summed E-state index contributed by atoms with van der Waals surface area (Å²) < 4.78 is 89.0. The number of anilines is 4. The lowest BCUT2D eigenvalue weighted by Crippen LogP contribution is -2.37. The summed E-state index contributed by atoms with van der Waals surface area (Å²) in [6.07, 6.45) is -8.04. The van der Waals surface area contributed by atoms with E-state index in [2.05, 4.69) is 19.9 Å². The largest absolute Gasteiger partial charge is 0.420 e. The molecule has 2 aliphatic heterocycles. The van der Waals surface area contributed by atoms with Crippen LogP contribution in [0.25, 0.3) is 11.3 Å². The van der Waals surface area contributed by atoms with E-state index in [1.165, 1.54) is 17.2 Å². The Morgan fingerprint density at radius 3 is 2.26 bits per heavy atom. The van der Waals surface area contributed by atoms with Crippen molar-refractivity contribution in [2.45, 2.75) is 25.2 Å². The van der Waals surface area contributed by atoms with Crippen LogP contribution >= 0.6 is 0 Å². The summed E-state index contributed by atoms with van der Waals surface area (Å²) in [6.45, 7) is 1.75. The normalized spacial score (nSPS) is 16.7. The summed E-state index contributed by atoms with van der Waals surface area (Å²) in [5.74, 6) is -1.09. The number of hydrogen-bond acceptors (Lipinski definition) is 9. The van der Waals surface area contributed by atoms with Gasteiger partial charge in [-0.2, -0.15) is 26.3 Å².